The monoisotopic (exact) mass is 270 g/mol. The molecule has 0 aliphatic heterocycles. The Labute approximate surface area is 115 Å². The Morgan fingerprint density at radius 2 is 1.84 bits per heavy atom. The second kappa shape index (κ2) is 8.91. The molecule has 0 heterocycles. The van der Waals surface area contributed by atoms with E-state index in [4.69, 9.17) is 4.74 Å². The molecular weight excluding hydrogens is 244 g/mol. The molecule has 110 valence electrons. The number of hydrogen-bond donors (Lipinski definition) is 2. The van der Waals surface area contributed by atoms with E-state index < -0.39 is 0 Å². The number of nitrogens with one attached hydrogen (secondary N) is 2. The molecule has 0 bridgehead atoms. The lowest BCUT2D eigenvalue weighted by atomic mass is 10.1. The standard InChI is InChI=1S/C14H26N2O3/c1-3-12(19-2)10-13(17)15-8-9-16-14(18)11-6-4-5-7-11/h11-12H,3-10H2,1-2H3,(H,15,17)(H,16,18). The molecule has 0 saturated heterocycles. The minimum atomic E-state index is -0.0242. The molecule has 0 aromatic rings. The van der Waals surface area contributed by atoms with E-state index in [9.17, 15) is 9.59 Å². The highest BCUT2D eigenvalue weighted by atomic mass is 16.5. The van der Waals surface area contributed by atoms with Crippen molar-refractivity contribution in [2.24, 2.45) is 5.92 Å². The number of carbonyl (C=O) groups excluding carboxylic acids is 2. The number of rotatable bonds is 8. The number of amides is 2. The first-order valence-electron chi connectivity index (χ1n) is 7.24. The quantitative estimate of drug-likeness (QED) is 0.652. The van der Waals surface area contributed by atoms with Gasteiger partial charge in [0.1, 0.15) is 0 Å². The van der Waals surface area contributed by atoms with Gasteiger partial charge in [-0.05, 0) is 19.3 Å². The summed E-state index contributed by atoms with van der Waals surface area (Å²) in [6, 6.07) is 0. The normalized spacial score (nSPS) is 17.2. The Bertz CT molecular complexity index is 284. The Hall–Kier alpha value is -1.10. The van der Waals surface area contributed by atoms with Crippen LogP contribution in [0, 0.1) is 5.92 Å². The fourth-order valence-corrected chi connectivity index (χ4v) is 2.39. The van der Waals surface area contributed by atoms with Gasteiger partial charge in [0.15, 0.2) is 0 Å². The van der Waals surface area contributed by atoms with Crippen molar-refractivity contribution < 1.29 is 14.3 Å². The average molecular weight is 270 g/mol. The van der Waals surface area contributed by atoms with Crippen LogP contribution in [0.2, 0.25) is 0 Å². The van der Waals surface area contributed by atoms with Crippen LogP contribution >= 0.6 is 0 Å². The Morgan fingerprint density at radius 3 is 2.42 bits per heavy atom. The van der Waals surface area contributed by atoms with Crippen molar-refractivity contribution in [3.63, 3.8) is 0 Å². The molecule has 1 rings (SSSR count). The number of ether oxygens (including phenoxy) is 1. The fourth-order valence-electron chi connectivity index (χ4n) is 2.39. The van der Waals surface area contributed by atoms with Gasteiger partial charge in [-0.25, -0.2) is 0 Å². The lowest BCUT2D eigenvalue weighted by Gasteiger charge is -2.13. The van der Waals surface area contributed by atoms with E-state index in [0.29, 0.717) is 19.5 Å². The van der Waals surface area contributed by atoms with Gasteiger partial charge in [0.25, 0.3) is 0 Å². The number of carbonyl (C=O) groups is 2. The molecule has 2 N–H and O–H groups in total. The predicted molar refractivity (Wildman–Crippen MR) is 73.7 cm³/mol. The summed E-state index contributed by atoms with van der Waals surface area (Å²) in [6.45, 7) is 2.98. The molecule has 19 heavy (non-hydrogen) atoms. The van der Waals surface area contributed by atoms with E-state index in [0.717, 1.165) is 32.1 Å². The first kappa shape index (κ1) is 16.0. The lowest BCUT2D eigenvalue weighted by molar-refractivity contribution is -0.126. The van der Waals surface area contributed by atoms with Crippen molar-refractivity contribution in [1.82, 2.24) is 10.6 Å². The van der Waals surface area contributed by atoms with Crippen molar-refractivity contribution >= 4 is 11.8 Å². The van der Waals surface area contributed by atoms with Gasteiger partial charge >= 0.3 is 0 Å². The zero-order chi connectivity index (χ0) is 14.1. The second-order valence-electron chi connectivity index (χ2n) is 5.09. The molecular formula is C14H26N2O3. The smallest absolute Gasteiger partial charge is 0.223 e. The molecule has 2 amide bonds. The van der Waals surface area contributed by atoms with Gasteiger partial charge in [-0.3, -0.25) is 9.59 Å². The highest BCUT2D eigenvalue weighted by Crippen LogP contribution is 2.24. The first-order valence-corrected chi connectivity index (χ1v) is 7.24. The molecule has 0 aromatic carbocycles. The fraction of sp³-hybridized carbons (Fsp3) is 0.857. The van der Waals surface area contributed by atoms with E-state index in [-0.39, 0.29) is 23.8 Å². The lowest BCUT2D eigenvalue weighted by Crippen LogP contribution is -2.37. The van der Waals surface area contributed by atoms with Crippen LogP contribution in [0.1, 0.15) is 45.4 Å². The topological polar surface area (TPSA) is 67.4 Å². The Balaban J connectivity index is 2.06. The summed E-state index contributed by atoms with van der Waals surface area (Å²) >= 11 is 0. The molecule has 0 spiro atoms. The Morgan fingerprint density at radius 1 is 1.21 bits per heavy atom. The maximum atomic E-state index is 11.7. The summed E-state index contributed by atoms with van der Waals surface area (Å²) in [6.07, 6.45) is 5.50. The molecule has 5 nitrogen and oxygen atoms in total. The van der Waals surface area contributed by atoms with E-state index in [1.807, 2.05) is 6.92 Å². The predicted octanol–water partition coefficient (Wildman–Crippen LogP) is 1.22. The largest absolute Gasteiger partial charge is 0.381 e. The summed E-state index contributed by atoms with van der Waals surface area (Å²) < 4.78 is 5.15. The summed E-state index contributed by atoms with van der Waals surface area (Å²) in [5, 5.41) is 5.67. The summed E-state index contributed by atoms with van der Waals surface area (Å²) in [5.74, 6) is 0.299. The molecule has 1 aliphatic carbocycles. The highest BCUT2D eigenvalue weighted by Gasteiger charge is 2.21. The van der Waals surface area contributed by atoms with Crippen LogP contribution in [0.25, 0.3) is 0 Å². The van der Waals surface area contributed by atoms with E-state index in [2.05, 4.69) is 10.6 Å². The van der Waals surface area contributed by atoms with E-state index in [1.165, 1.54) is 0 Å². The minimum Gasteiger partial charge on any atom is -0.381 e. The first-order chi connectivity index (χ1) is 9.17. The van der Waals surface area contributed by atoms with Crippen molar-refractivity contribution in [2.75, 3.05) is 20.2 Å². The Kier molecular flexibility index (Phi) is 7.48. The molecule has 1 atom stereocenters. The molecule has 1 fully saturated rings. The van der Waals surface area contributed by atoms with Gasteiger partial charge in [0.2, 0.25) is 11.8 Å². The molecule has 0 radical (unpaired) electrons. The zero-order valence-corrected chi connectivity index (χ0v) is 12.0. The average Bonchev–Trinajstić information content (AvgIpc) is 2.94. The summed E-state index contributed by atoms with van der Waals surface area (Å²) in [4.78, 5) is 23.3. The van der Waals surface area contributed by atoms with Gasteiger partial charge in [0.05, 0.1) is 12.5 Å². The number of methoxy groups -OCH3 is 1. The van der Waals surface area contributed by atoms with Gasteiger partial charge in [0, 0.05) is 26.1 Å². The third kappa shape index (κ3) is 6.05. The van der Waals surface area contributed by atoms with Gasteiger partial charge in [-0.2, -0.15) is 0 Å². The van der Waals surface area contributed by atoms with E-state index >= 15 is 0 Å². The van der Waals surface area contributed by atoms with Crippen molar-refractivity contribution in [3.05, 3.63) is 0 Å². The van der Waals surface area contributed by atoms with Gasteiger partial charge < -0.3 is 15.4 Å². The third-order valence-corrected chi connectivity index (χ3v) is 3.67. The number of hydrogen-bond acceptors (Lipinski definition) is 3. The van der Waals surface area contributed by atoms with Gasteiger partial charge in [-0.1, -0.05) is 19.8 Å². The third-order valence-electron chi connectivity index (χ3n) is 3.67. The molecule has 0 aromatic heterocycles. The molecule has 1 aliphatic rings. The highest BCUT2D eigenvalue weighted by molar-refractivity contribution is 5.79. The molecule has 1 saturated carbocycles. The summed E-state index contributed by atoms with van der Waals surface area (Å²) in [7, 11) is 1.61. The second-order valence-corrected chi connectivity index (χ2v) is 5.09. The summed E-state index contributed by atoms with van der Waals surface area (Å²) in [5.41, 5.74) is 0. The van der Waals surface area contributed by atoms with Crippen LogP contribution in [-0.4, -0.2) is 38.1 Å². The molecule has 5 heteroatoms. The maximum Gasteiger partial charge on any atom is 0.223 e. The van der Waals surface area contributed by atoms with Crippen molar-refractivity contribution in [3.8, 4) is 0 Å². The molecule has 1 unspecified atom stereocenters. The van der Waals surface area contributed by atoms with Crippen LogP contribution in [0.5, 0.6) is 0 Å². The van der Waals surface area contributed by atoms with E-state index in [1.54, 1.807) is 7.11 Å². The maximum absolute atomic E-state index is 11.7. The van der Waals surface area contributed by atoms with Crippen LogP contribution < -0.4 is 10.6 Å². The van der Waals surface area contributed by atoms with Crippen LogP contribution in [0.4, 0.5) is 0 Å². The SMILES string of the molecule is CCC(CC(=O)NCCNC(=O)C1CCCC1)OC. The van der Waals surface area contributed by atoms with Crippen molar-refractivity contribution in [2.45, 2.75) is 51.6 Å². The van der Waals surface area contributed by atoms with Gasteiger partial charge in [-0.15, -0.1) is 0 Å². The van der Waals surface area contributed by atoms with Crippen LogP contribution in [0.3, 0.4) is 0 Å². The van der Waals surface area contributed by atoms with Crippen molar-refractivity contribution in [1.29, 1.82) is 0 Å². The minimum absolute atomic E-state index is 0.0203. The van der Waals surface area contributed by atoms with Crippen LogP contribution in [0.15, 0.2) is 0 Å². The van der Waals surface area contributed by atoms with Crippen LogP contribution in [-0.2, 0) is 14.3 Å². The zero-order valence-electron chi connectivity index (χ0n) is 12.0.